The first-order chi connectivity index (χ1) is 8.08. The van der Waals surface area contributed by atoms with Gasteiger partial charge in [-0.15, -0.1) is 12.4 Å². The number of hydrogen-bond donors (Lipinski definition) is 1. The first kappa shape index (κ1) is 14.9. The number of nitrogens with zero attached hydrogens (tertiary/aromatic N) is 1. The molecule has 0 aromatic heterocycles. The smallest absolute Gasteiger partial charge is 0.254 e. The number of nitrogens with one attached hydrogen (secondary N) is 1. The van der Waals surface area contributed by atoms with E-state index in [1.807, 2.05) is 0 Å². The maximum atomic E-state index is 13.2. The molecule has 100 valence electrons. The molecule has 3 nitrogen and oxygen atoms in total. The largest absolute Gasteiger partial charge is 0.337 e. The third-order valence-electron chi connectivity index (χ3n) is 3.19. The van der Waals surface area contributed by atoms with Crippen LogP contribution in [0.5, 0.6) is 0 Å². The van der Waals surface area contributed by atoms with Gasteiger partial charge >= 0.3 is 0 Å². The van der Waals surface area contributed by atoms with Gasteiger partial charge in [0.1, 0.15) is 5.82 Å². The highest BCUT2D eigenvalue weighted by molar-refractivity contribution is 5.94. The number of rotatable bonds is 2. The molecule has 0 radical (unpaired) electrons. The number of amides is 1. The van der Waals surface area contributed by atoms with E-state index in [0.29, 0.717) is 5.56 Å². The molecule has 1 amide bonds. The molecule has 1 aliphatic heterocycles. The van der Waals surface area contributed by atoms with E-state index >= 15 is 0 Å². The normalized spacial score (nSPS) is 18.3. The Morgan fingerprint density at radius 1 is 1.44 bits per heavy atom. The third kappa shape index (κ3) is 3.21. The number of hydrogen-bond acceptors (Lipinski definition) is 2. The molecule has 5 heteroatoms. The first-order valence-electron chi connectivity index (χ1n) is 5.83. The van der Waals surface area contributed by atoms with Crippen molar-refractivity contribution in [2.75, 3.05) is 20.1 Å². The Hall–Kier alpha value is -1.13. The molecule has 1 saturated heterocycles. The zero-order valence-corrected chi connectivity index (χ0v) is 11.4. The first-order valence-corrected chi connectivity index (χ1v) is 5.83. The quantitative estimate of drug-likeness (QED) is 0.893. The van der Waals surface area contributed by atoms with Crippen LogP contribution in [0, 0.1) is 12.7 Å². The molecule has 1 unspecified atom stereocenters. The highest BCUT2D eigenvalue weighted by atomic mass is 35.5. The Morgan fingerprint density at radius 3 is 2.72 bits per heavy atom. The van der Waals surface area contributed by atoms with Crippen molar-refractivity contribution in [1.29, 1.82) is 0 Å². The summed E-state index contributed by atoms with van der Waals surface area (Å²) in [5, 5.41) is 3.21. The van der Waals surface area contributed by atoms with Crippen molar-refractivity contribution < 1.29 is 9.18 Å². The van der Waals surface area contributed by atoms with Crippen molar-refractivity contribution in [3.63, 3.8) is 0 Å². The predicted octanol–water partition coefficient (Wildman–Crippen LogP) is 1.99. The van der Waals surface area contributed by atoms with Crippen LogP contribution in [0.2, 0.25) is 0 Å². The SMILES string of the molecule is Cc1cc(F)cc(C(=O)N(C)C2CCNC2)c1.Cl. The lowest BCUT2D eigenvalue weighted by Crippen LogP contribution is -2.38. The van der Waals surface area contributed by atoms with Crippen LogP contribution in [0.25, 0.3) is 0 Å². The van der Waals surface area contributed by atoms with Crippen LogP contribution in [-0.4, -0.2) is 37.0 Å². The van der Waals surface area contributed by atoms with E-state index in [-0.39, 0.29) is 30.2 Å². The molecule has 0 spiro atoms. The van der Waals surface area contributed by atoms with Crippen molar-refractivity contribution >= 4 is 18.3 Å². The standard InChI is InChI=1S/C13H17FN2O.ClH/c1-9-5-10(7-11(14)6-9)13(17)16(2)12-3-4-15-8-12;/h5-7,12,15H,3-4,8H2,1-2H3;1H. The van der Waals surface area contributed by atoms with Gasteiger partial charge in [-0.2, -0.15) is 0 Å². The summed E-state index contributed by atoms with van der Waals surface area (Å²) in [6.45, 7) is 3.54. The molecule has 1 aliphatic rings. The topological polar surface area (TPSA) is 32.3 Å². The highest BCUT2D eigenvalue weighted by Gasteiger charge is 2.24. The minimum atomic E-state index is -0.355. The molecule has 0 bridgehead atoms. The van der Waals surface area contributed by atoms with E-state index in [1.165, 1.54) is 12.1 Å². The van der Waals surface area contributed by atoms with E-state index in [2.05, 4.69) is 5.32 Å². The van der Waals surface area contributed by atoms with Crippen LogP contribution in [0.3, 0.4) is 0 Å². The van der Waals surface area contributed by atoms with Crippen molar-refractivity contribution in [2.45, 2.75) is 19.4 Å². The lowest BCUT2D eigenvalue weighted by atomic mass is 10.1. The van der Waals surface area contributed by atoms with Gasteiger partial charge in [0.15, 0.2) is 0 Å². The van der Waals surface area contributed by atoms with Gasteiger partial charge in [-0.25, -0.2) is 4.39 Å². The molecular weight excluding hydrogens is 255 g/mol. The van der Waals surface area contributed by atoms with Gasteiger partial charge in [0.25, 0.3) is 5.91 Å². The van der Waals surface area contributed by atoms with Gasteiger partial charge in [-0.05, 0) is 43.7 Å². The summed E-state index contributed by atoms with van der Waals surface area (Å²) < 4.78 is 13.2. The fourth-order valence-corrected chi connectivity index (χ4v) is 2.20. The van der Waals surface area contributed by atoms with Gasteiger partial charge in [0.05, 0.1) is 0 Å². The predicted molar refractivity (Wildman–Crippen MR) is 71.8 cm³/mol. The maximum absolute atomic E-state index is 13.2. The molecular formula is C13H18ClFN2O. The number of likely N-dealkylation sites (N-methyl/N-ethyl adjacent to an activating group) is 1. The maximum Gasteiger partial charge on any atom is 0.254 e. The average molecular weight is 273 g/mol. The molecule has 2 rings (SSSR count). The molecule has 0 aliphatic carbocycles. The molecule has 1 fully saturated rings. The Morgan fingerprint density at radius 2 is 2.17 bits per heavy atom. The van der Waals surface area contributed by atoms with Crippen molar-refractivity contribution in [3.05, 3.63) is 35.1 Å². The molecule has 1 N–H and O–H groups in total. The Balaban J connectivity index is 0.00000162. The second kappa shape index (κ2) is 6.16. The number of halogens is 2. The lowest BCUT2D eigenvalue weighted by Gasteiger charge is -2.24. The van der Waals surface area contributed by atoms with Gasteiger partial charge in [-0.3, -0.25) is 4.79 Å². The van der Waals surface area contributed by atoms with Gasteiger partial charge in [0, 0.05) is 25.2 Å². The summed E-state index contributed by atoms with van der Waals surface area (Å²) >= 11 is 0. The number of aryl methyl sites for hydroxylation is 1. The number of carbonyl (C=O) groups excluding carboxylic acids is 1. The second-order valence-corrected chi connectivity index (χ2v) is 4.58. The molecule has 18 heavy (non-hydrogen) atoms. The zero-order chi connectivity index (χ0) is 12.4. The highest BCUT2D eigenvalue weighted by Crippen LogP contribution is 2.14. The number of carbonyl (C=O) groups is 1. The summed E-state index contributed by atoms with van der Waals surface area (Å²) in [6.07, 6.45) is 0.955. The van der Waals surface area contributed by atoms with Gasteiger partial charge in [-0.1, -0.05) is 0 Å². The van der Waals surface area contributed by atoms with Crippen molar-refractivity contribution in [2.24, 2.45) is 0 Å². The number of benzene rings is 1. The summed E-state index contributed by atoms with van der Waals surface area (Å²) in [7, 11) is 1.78. The van der Waals surface area contributed by atoms with Crippen LogP contribution in [-0.2, 0) is 0 Å². The molecule has 1 aromatic rings. The van der Waals surface area contributed by atoms with Crippen molar-refractivity contribution in [3.8, 4) is 0 Å². The van der Waals surface area contributed by atoms with Crippen molar-refractivity contribution in [1.82, 2.24) is 10.2 Å². The van der Waals surface area contributed by atoms with E-state index in [4.69, 9.17) is 0 Å². The van der Waals surface area contributed by atoms with E-state index < -0.39 is 0 Å². The third-order valence-corrected chi connectivity index (χ3v) is 3.19. The van der Waals surface area contributed by atoms with Crippen LogP contribution < -0.4 is 5.32 Å². The Kier molecular flexibility index (Phi) is 5.11. The van der Waals surface area contributed by atoms with Crippen LogP contribution in [0.15, 0.2) is 18.2 Å². The second-order valence-electron chi connectivity index (χ2n) is 4.58. The fourth-order valence-electron chi connectivity index (χ4n) is 2.20. The van der Waals surface area contributed by atoms with E-state index in [1.54, 1.807) is 24.9 Å². The molecule has 1 aromatic carbocycles. The summed E-state index contributed by atoms with van der Waals surface area (Å²) in [4.78, 5) is 13.9. The minimum absolute atomic E-state index is 0. The van der Waals surface area contributed by atoms with Crippen LogP contribution in [0.4, 0.5) is 4.39 Å². The Labute approximate surface area is 113 Å². The zero-order valence-electron chi connectivity index (χ0n) is 10.6. The van der Waals surface area contributed by atoms with E-state index in [0.717, 1.165) is 25.1 Å². The van der Waals surface area contributed by atoms with Gasteiger partial charge in [0.2, 0.25) is 0 Å². The summed E-state index contributed by atoms with van der Waals surface area (Å²) in [5.41, 5.74) is 1.20. The monoisotopic (exact) mass is 272 g/mol. The minimum Gasteiger partial charge on any atom is -0.337 e. The van der Waals surface area contributed by atoms with Crippen LogP contribution in [0.1, 0.15) is 22.3 Å². The fraction of sp³-hybridized carbons (Fsp3) is 0.462. The summed E-state index contributed by atoms with van der Waals surface area (Å²) in [6, 6.07) is 4.66. The molecule has 1 atom stereocenters. The lowest BCUT2D eigenvalue weighted by molar-refractivity contribution is 0.0743. The van der Waals surface area contributed by atoms with E-state index in [9.17, 15) is 9.18 Å². The van der Waals surface area contributed by atoms with Gasteiger partial charge < -0.3 is 10.2 Å². The average Bonchev–Trinajstić information content (AvgIpc) is 2.79. The summed E-state index contributed by atoms with van der Waals surface area (Å²) in [5.74, 6) is -0.465. The molecule has 0 saturated carbocycles. The Bertz CT molecular complexity index is 413. The van der Waals surface area contributed by atoms with Crippen LogP contribution >= 0.6 is 12.4 Å². The molecule has 1 heterocycles.